The van der Waals surface area contributed by atoms with Crippen LogP contribution in [0.25, 0.3) is 0 Å². The highest BCUT2D eigenvalue weighted by molar-refractivity contribution is 5.52. The first-order valence-corrected chi connectivity index (χ1v) is 6.87. The van der Waals surface area contributed by atoms with Crippen molar-refractivity contribution in [2.75, 3.05) is 18.1 Å². The van der Waals surface area contributed by atoms with Gasteiger partial charge in [-0.05, 0) is 31.0 Å². The van der Waals surface area contributed by atoms with Gasteiger partial charge in [-0.15, -0.1) is 0 Å². The molecule has 1 saturated heterocycles. The minimum absolute atomic E-state index is 0.234. The number of hydrogen-bond donors (Lipinski definition) is 0. The molecule has 0 N–H and O–H groups in total. The average Bonchev–Trinajstić information content (AvgIpc) is 2.46. The summed E-state index contributed by atoms with van der Waals surface area (Å²) in [4.78, 5) is 2.13. The smallest absolute Gasteiger partial charge is 0.147 e. The Bertz CT molecular complexity index is 509. The summed E-state index contributed by atoms with van der Waals surface area (Å²) in [7, 11) is 0. The molecule has 1 aromatic carbocycles. The number of morpholine rings is 1. The molecule has 2 aliphatic rings. The molecule has 1 aromatic rings. The highest BCUT2D eigenvalue weighted by Crippen LogP contribution is 2.33. The molecule has 1 aliphatic carbocycles. The normalized spacial score (nSPS) is 26.6. The average molecular weight is 260 g/mol. The maximum atomic E-state index is 14.1. The fourth-order valence-electron chi connectivity index (χ4n) is 3.20. The predicted octanol–water partition coefficient (Wildman–Crippen LogP) is 2.85. The maximum Gasteiger partial charge on any atom is 0.147 e. The lowest BCUT2D eigenvalue weighted by molar-refractivity contribution is -0.00891. The standard InChI is InChI=1S/C15H17FN2O/c16-12-9-11(10-17)5-6-13(12)18-7-8-19-15-4-2-1-3-14(15)18/h5-6,9,14-15H,1-4,7-8H2. The number of rotatable bonds is 1. The Labute approximate surface area is 112 Å². The second kappa shape index (κ2) is 5.18. The lowest BCUT2D eigenvalue weighted by atomic mass is 9.89. The van der Waals surface area contributed by atoms with Crippen molar-refractivity contribution in [3.63, 3.8) is 0 Å². The molecule has 19 heavy (non-hydrogen) atoms. The number of ether oxygens (including phenoxy) is 1. The summed E-state index contributed by atoms with van der Waals surface area (Å²) in [5.74, 6) is -0.301. The van der Waals surface area contributed by atoms with Crippen LogP contribution in [-0.4, -0.2) is 25.3 Å². The molecular weight excluding hydrogens is 243 g/mol. The van der Waals surface area contributed by atoms with E-state index in [1.807, 2.05) is 6.07 Å². The van der Waals surface area contributed by atoms with Gasteiger partial charge in [-0.1, -0.05) is 12.8 Å². The predicted molar refractivity (Wildman–Crippen MR) is 70.5 cm³/mol. The van der Waals surface area contributed by atoms with E-state index in [0.717, 1.165) is 19.4 Å². The van der Waals surface area contributed by atoms with Crippen molar-refractivity contribution in [2.45, 2.75) is 37.8 Å². The van der Waals surface area contributed by atoms with Crippen LogP contribution >= 0.6 is 0 Å². The molecule has 0 aromatic heterocycles. The summed E-state index contributed by atoms with van der Waals surface area (Å²) in [5, 5.41) is 8.80. The minimum atomic E-state index is -0.301. The highest BCUT2D eigenvalue weighted by Gasteiger charge is 2.35. The van der Waals surface area contributed by atoms with E-state index in [0.29, 0.717) is 17.9 Å². The molecule has 0 radical (unpaired) electrons. The van der Waals surface area contributed by atoms with Gasteiger partial charge < -0.3 is 9.64 Å². The number of nitriles is 1. The van der Waals surface area contributed by atoms with Gasteiger partial charge in [-0.3, -0.25) is 0 Å². The third-order valence-electron chi connectivity index (χ3n) is 4.12. The highest BCUT2D eigenvalue weighted by atomic mass is 19.1. The van der Waals surface area contributed by atoms with Gasteiger partial charge in [0.25, 0.3) is 0 Å². The van der Waals surface area contributed by atoms with Gasteiger partial charge in [0.05, 0.1) is 36.1 Å². The van der Waals surface area contributed by atoms with Crippen LogP contribution in [0.1, 0.15) is 31.2 Å². The molecule has 3 rings (SSSR count). The van der Waals surface area contributed by atoms with Crippen molar-refractivity contribution >= 4 is 5.69 Å². The quantitative estimate of drug-likeness (QED) is 0.779. The van der Waals surface area contributed by atoms with Crippen LogP contribution in [0, 0.1) is 17.1 Å². The second-order valence-corrected chi connectivity index (χ2v) is 5.23. The number of halogens is 1. The first-order chi connectivity index (χ1) is 9.29. The van der Waals surface area contributed by atoms with E-state index >= 15 is 0 Å². The largest absolute Gasteiger partial charge is 0.374 e. The Morgan fingerprint density at radius 2 is 2.16 bits per heavy atom. The zero-order chi connectivity index (χ0) is 13.2. The molecule has 1 saturated carbocycles. The minimum Gasteiger partial charge on any atom is -0.374 e. The number of anilines is 1. The molecule has 2 fully saturated rings. The van der Waals surface area contributed by atoms with Gasteiger partial charge in [0.1, 0.15) is 5.82 Å². The lowest BCUT2D eigenvalue weighted by Crippen LogP contribution is -2.53. The summed E-state index contributed by atoms with van der Waals surface area (Å²) >= 11 is 0. The van der Waals surface area contributed by atoms with Gasteiger partial charge in [0.2, 0.25) is 0 Å². The Balaban J connectivity index is 1.90. The monoisotopic (exact) mass is 260 g/mol. The summed E-state index contributed by atoms with van der Waals surface area (Å²) in [6.45, 7) is 1.38. The SMILES string of the molecule is N#Cc1ccc(N2CCOC3CCCCC32)c(F)c1. The molecule has 1 aliphatic heterocycles. The van der Waals surface area contributed by atoms with E-state index in [-0.39, 0.29) is 18.0 Å². The van der Waals surface area contributed by atoms with Crippen LogP contribution in [0.5, 0.6) is 0 Å². The van der Waals surface area contributed by atoms with Gasteiger partial charge in [-0.2, -0.15) is 5.26 Å². The zero-order valence-electron chi connectivity index (χ0n) is 10.8. The lowest BCUT2D eigenvalue weighted by Gasteiger charge is -2.45. The number of nitrogens with zero attached hydrogens (tertiary/aromatic N) is 2. The van der Waals surface area contributed by atoms with Gasteiger partial charge in [0.15, 0.2) is 0 Å². The first kappa shape index (κ1) is 12.4. The Morgan fingerprint density at radius 3 is 2.95 bits per heavy atom. The summed E-state index contributed by atoms with van der Waals surface area (Å²) in [6, 6.07) is 6.99. The molecular formula is C15H17FN2O. The molecule has 0 bridgehead atoms. The molecule has 0 amide bonds. The van der Waals surface area contributed by atoms with Crippen LogP contribution in [-0.2, 0) is 4.74 Å². The Hall–Kier alpha value is -1.60. The van der Waals surface area contributed by atoms with Crippen molar-refractivity contribution in [3.05, 3.63) is 29.6 Å². The molecule has 100 valence electrons. The van der Waals surface area contributed by atoms with E-state index in [1.54, 1.807) is 12.1 Å². The molecule has 4 heteroatoms. The molecule has 0 spiro atoms. The molecule has 3 nitrogen and oxygen atoms in total. The van der Waals surface area contributed by atoms with Crippen LogP contribution in [0.3, 0.4) is 0 Å². The molecule has 1 heterocycles. The van der Waals surface area contributed by atoms with Gasteiger partial charge >= 0.3 is 0 Å². The van der Waals surface area contributed by atoms with Gasteiger partial charge in [-0.25, -0.2) is 4.39 Å². The summed E-state index contributed by atoms with van der Waals surface area (Å²) in [5.41, 5.74) is 0.980. The van der Waals surface area contributed by atoms with Crippen LogP contribution in [0.15, 0.2) is 18.2 Å². The van der Waals surface area contributed by atoms with E-state index < -0.39 is 0 Å². The molecule has 2 atom stereocenters. The van der Waals surface area contributed by atoms with E-state index in [1.165, 1.54) is 18.9 Å². The Morgan fingerprint density at radius 1 is 1.32 bits per heavy atom. The number of fused-ring (bicyclic) bond motifs is 1. The van der Waals surface area contributed by atoms with E-state index in [4.69, 9.17) is 10.00 Å². The third kappa shape index (κ3) is 2.31. The van der Waals surface area contributed by atoms with Crippen molar-refractivity contribution in [2.24, 2.45) is 0 Å². The van der Waals surface area contributed by atoms with Crippen molar-refractivity contribution in [3.8, 4) is 6.07 Å². The van der Waals surface area contributed by atoms with Crippen molar-refractivity contribution in [1.29, 1.82) is 5.26 Å². The van der Waals surface area contributed by atoms with Crippen LogP contribution < -0.4 is 4.90 Å². The zero-order valence-corrected chi connectivity index (χ0v) is 10.8. The third-order valence-corrected chi connectivity index (χ3v) is 4.12. The Kier molecular flexibility index (Phi) is 3.39. The fourth-order valence-corrected chi connectivity index (χ4v) is 3.20. The summed E-state index contributed by atoms with van der Waals surface area (Å²) in [6.07, 6.45) is 4.74. The van der Waals surface area contributed by atoms with Crippen molar-refractivity contribution in [1.82, 2.24) is 0 Å². The first-order valence-electron chi connectivity index (χ1n) is 6.87. The van der Waals surface area contributed by atoms with Gasteiger partial charge in [0, 0.05) is 6.54 Å². The van der Waals surface area contributed by atoms with E-state index in [2.05, 4.69) is 4.90 Å². The topological polar surface area (TPSA) is 36.3 Å². The fraction of sp³-hybridized carbons (Fsp3) is 0.533. The second-order valence-electron chi connectivity index (χ2n) is 5.23. The number of hydrogen-bond acceptors (Lipinski definition) is 3. The van der Waals surface area contributed by atoms with Crippen molar-refractivity contribution < 1.29 is 9.13 Å². The molecule has 2 unspecified atom stereocenters. The summed E-state index contributed by atoms with van der Waals surface area (Å²) < 4.78 is 19.9. The maximum absolute atomic E-state index is 14.1. The number of benzene rings is 1. The van der Waals surface area contributed by atoms with Crippen LogP contribution in [0.2, 0.25) is 0 Å². The van der Waals surface area contributed by atoms with Crippen LogP contribution in [0.4, 0.5) is 10.1 Å². The van der Waals surface area contributed by atoms with E-state index in [9.17, 15) is 4.39 Å².